The number of alkyl halides is 2. The topological polar surface area (TPSA) is 38.9 Å². The zero-order valence-electron chi connectivity index (χ0n) is 18.7. The first-order chi connectivity index (χ1) is 14.6. The van der Waals surface area contributed by atoms with E-state index in [4.69, 9.17) is 4.98 Å². The molecule has 5 nitrogen and oxygen atoms in total. The standard InChI is InChI=1S/C23H31F2N5S/c1-22(2,3)21-27-19-14-18(28(4)31-29-13-12-26-16-29)7-8-20(19)30(21)15-17-6-5-10-23(24,25)11-9-17/h7-8,12-14,16-17H,5-6,9-11,15H2,1-4H3. The summed E-state index contributed by atoms with van der Waals surface area (Å²) < 4.78 is 34.0. The summed E-state index contributed by atoms with van der Waals surface area (Å²) >= 11 is 1.54. The lowest BCUT2D eigenvalue weighted by Gasteiger charge is -2.23. The molecule has 4 rings (SSSR count). The van der Waals surface area contributed by atoms with E-state index in [9.17, 15) is 8.78 Å². The third-order valence-corrected chi connectivity index (χ3v) is 6.84. The van der Waals surface area contributed by atoms with Crippen molar-refractivity contribution in [3.8, 4) is 0 Å². The zero-order valence-corrected chi connectivity index (χ0v) is 19.5. The summed E-state index contributed by atoms with van der Waals surface area (Å²) in [5.74, 6) is -1.24. The van der Waals surface area contributed by atoms with Gasteiger partial charge in [-0.25, -0.2) is 18.7 Å². The number of hydrogen-bond acceptors (Lipinski definition) is 4. The molecule has 2 heterocycles. The Hall–Kier alpha value is -2.09. The molecule has 0 bridgehead atoms. The zero-order chi connectivity index (χ0) is 22.2. The molecule has 3 aromatic rings. The van der Waals surface area contributed by atoms with Gasteiger partial charge in [-0.2, -0.15) is 0 Å². The smallest absolute Gasteiger partial charge is 0.248 e. The molecular weight excluding hydrogens is 416 g/mol. The normalized spacial score (nSPS) is 19.5. The summed E-state index contributed by atoms with van der Waals surface area (Å²) in [6, 6.07) is 6.31. The number of anilines is 1. The van der Waals surface area contributed by atoms with E-state index >= 15 is 0 Å². The summed E-state index contributed by atoms with van der Waals surface area (Å²) in [7, 11) is 2.01. The van der Waals surface area contributed by atoms with Crippen LogP contribution in [0.1, 0.15) is 58.7 Å². The van der Waals surface area contributed by atoms with E-state index in [1.807, 2.05) is 17.2 Å². The average Bonchev–Trinajstić information content (AvgIpc) is 3.29. The van der Waals surface area contributed by atoms with Crippen molar-refractivity contribution in [1.29, 1.82) is 0 Å². The lowest BCUT2D eigenvalue weighted by Crippen LogP contribution is -2.22. The summed E-state index contributed by atoms with van der Waals surface area (Å²) in [4.78, 5) is 9.09. The Morgan fingerprint density at radius 3 is 2.74 bits per heavy atom. The maximum absolute atomic E-state index is 13.9. The molecule has 0 spiro atoms. The van der Waals surface area contributed by atoms with Gasteiger partial charge in [-0.15, -0.1) is 0 Å². The van der Waals surface area contributed by atoms with Gasteiger partial charge in [0.05, 0.1) is 28.9 Å². The number of nitrogens with zero attached hydrogens (tertiary/aromatic N) is 5. The van der Waals surface area contributed by atoms with Gasteiger partial charge < -0.3 is 8.87 Å². The van der Waals surface area contributed by atoms with E-state index in [2.05, 4.69) is 52.8 Å². The fourth-order valence-electron chi connectivity index (χ4n) is 4.33. The molecule has 168 valence electrons. The van der Waals surface area contributed by atoms with Crippen molar-refractivity contribution in [1.82, 2.24) is 18.5 Å². The van der Waals surface area contributed by atoms with E-state index < -0.39 is 5.92 Å². The first kappa shape index (κ1) is 22.1. The lowest BCUT2D eigenvalue weighted by atomic mass is 9.94. The molecule has 1 unspecified atom stereocenters. The van der Waals surface area contributed by atoms with Gasteiger partial charge >= 0.3 is 0 Å². The molecule has 2 aromatic heterocycles. The summed E-state index contributed by atoms with van der Waals surface area (Å²) in [5, 5.41) is 0. The minimum absolute atomic E-state index is 0.00440. The first-order valence-corrected chi connectivity index (χ1v) is 11.6. The van der Waals surface area contributed by atoms with Crippen LogP contribution in [0.25, 0.3) is 11.0 Å². The highest BCUT2D eigenvalue weighted by atomic mass is 32.2. The predicted molar refractivity (Wildman–Crippen MR) is 124 cm³/mol. The van der Waals surface area contributed by atoms with Crippen molar-refractivity contribution in [2.24, 2.45) is 5.92 Å². The van der Waals surface area contributed by atoms with Gasteiger partial charge in [0, 0.05) is 44.2 Å². The Morgan fingerprint density at radius 1 is 1.23 bits per heavy atom. The summed E-state index contributed by atoms with van der Waals surface area (Å²) in [6.07, 6.45) is 7.45. The van der Waals surface area contributed by atoms with Crippen LogP contribution in [-0.2, 0) is 12.0 Å². The van der Waals surface area contributed by atoms with Crippen LogP contribution in [0.3, 0.4) is 0 Å². The van der Waals surface area contributed by atoms with Crippen LogP contribution in [0.15, 0.2) is 36.9 Å². The predicted octanol–water partition coefficient (Wildman–Crippen LogP) is 6.29. The SMILES string of the molecule is CN(Sn1ccnc1)c1ccc2c(c1)nc(C(C)(C)C)n2CC1CCCC(F)(F)CC1. The molecule has 0 saturated heterocycles. The molecule has 0 radical (unpaired) electrons. The van der Waals surface area contributed by atoms with Crippen molar-refractivity contribution >= 4 is 28.9 Å². The number of benzene rings is 1. The maximum Gasteiger partial charge on any atom is 0.248 e. The molecule has 0 amide bonds. The number of rotatable bonds is 5. The molecule has 1 fully saturated rings. The van der Waals surface area contributed by atoms with Crippen molar-refractivity contribution in [2.75, 3.05) is 11.4 Å². The van der Waals surface area contributed by atoms with Gasteiger partial charge in [0.15, 0.2) is 0 Å². The average molecular weight is 448 g/mol. The molecule has 8 heteroatoms. The molecule has 0 aliphatic heterocycles. The fourth-order valence-corrected chi connectivity index (χ4v) is 5.03. The third-order valence-electron chi connectivity index (χ3n) is 5.98. The Labute approximate surface area is 187 Å². The second-order valence-electron chi connectivity index (χ2n) is 9.62. The monoisotopic (exact) mass is 447 g/mol. The molecular formula is C23H31F2N5S. The van der Waals surface area contributed by atoms with Gasteiger partial charge in [0.2, 0.25) is 5.92 Å². The highest BCUT2D eigenvalue weighted by molar-refractivity contribution is 7.99. The second-order valence-corrected chi connectivity index (χ2v) is 10.8. The Balaban J connectivity index is 1.64. The Kier molecular flexibility index (Phi) is 6.03. The number of imidazole rings is 2. The van der Waals surface area contributed by atoms with Crippen LogP contribution in [0, 0.1) is 5.92 Å². The number of hydrogen-bond donors (Lipinski definition) is 0. The molecule has 1 saturated carbocycles. The largest absolute Gasteiger partial charge is 0.327 e. The van der Waals surface area contributed by atoms with Crippen LogP contribution in [0.4, 0.5) is 14.5 Å². The van der Waals surface area contributed by atoms with Crippen molar-refractivity contribution < 1.29 is 8.78 Å². The van der Waals surface area contributed by atoms with E-state index in [-0.39, 0.29) is 24.2 Å². The second kappa shape index (κ2) is 8.45. The summed E-state index contributed by atoms with van der Waals surface area (Å²) in [6.45, 7) is 7.23. The number of fused-ring (bicyclic) bond motifs is 1. The molecule has 1 aliphatic carbocycles. The number of aromatic nitrogens is 4. The van der Waals surface area contributed by atoms with Crippen molar-refractivity contribution in [3.05, 3.63) is 42.7 Å². The molecule has 0 N–H and O–H groups in total. The van der Waals surface area contributed by atoms with Crippen LogP contribution in [0.2, 0.25) is 0 Å². The number of halogens is 2. The minimum atomic E-state index is -2.51. The van der Waals surface area contributed by atoms with Gasteiger partial charge in [0.1, 0.15) is 12.2 Å². The van der Waals surface area contributed by atoms with Gasteiger partial charge in [0.25, 0.3) is 0 Å². The Morgan fingerprint density at radius 2 is 2.03 bits per heavy atom. The lowest BCUT2D eigenvalue weighted by molar-refractivity contribution is -0.0149. The maximum atomic E-state index is 13.9. The summed E-state index contributed by atoms with van der Waals surface area (Å²) in [5.41, 5.74) is 2.93. The Bertz CT molecular complexity index is 1020. The first-order valence-electron chi connectivity index (χ1n) is 10.9. The van der Waals surface area contributed by atoms with E-state index in [0.29, 0.717) is 12.8 Å². The van der Waals surface area contributed by atoms with Crippen molar-refractivity contribution in [3.63, 3.8) is 0 Å². The van der Waals surface area contributed by atoms with E-state index in [1.54, 1.807) is 24.7 Å². The third kappa shape index (κ3) is 5.05. The van der Waals surface area contributed by atoms with Crippen LogP contribution in [0.5, 0.6) is 0 Å². The van der Waals surface area contributed by atoms with Crippen molar-refractivity contribution in [2.45, 2.75) is 70.8 Å². The van der Waals surface area contributed by atoms with E-state index in [1.165, 1.54) is 0 Å². The highest BCUT2D eigenvalue weighted by Crippen LogP contribution is 2.37. The van der Waals surface area contributed by atoms with E-state index in [0.717, 1.165) is 35.5 Å². The highest BCUT2D eigenvalue weighted by Gasteiger charge is 2.33. The molecule has 1 aliphatic rings. The molecule has 1 atom stereocenters. The van der Waals surface area contributed by atoms with Gasteiger partial charge in [-0.05, 0) is 43.4 Å². The quantitative estimate of drug-likeness (QED) is 0.340. The van der Waals surface area contributed by atoms with Crippen LogP contribution < -0.4 is 4.31 Å². The van der Waals surface area contributed by atoms with Gasteiger partial charge in [-0.3, -0.25) is 3.97 Å². The van der Waals surface area contributed by atoms with Crippen LogP contribution >= 0.6 is 12.1 Å². The van der Waals surface area contributed by atoms with Crippen LogP contribution in [-0.4, -0.2) is 31.5 Å². The minimum Gasteiger partial charge on any atom is -0.327 e. The fraction of sp³-hybridized carbons (Fsp3) is 0.565. The molecule has 31 heavy (non-hydrogen) atoms. The van der Waals surface area contributed by atoms with Gasteiger partial charge in [-0.1, -0.05) is 20.8 Å². The molecule has 1 aromatic carbocycles.